The summed E-state index contributed by atoms with van der Waals surface area (Å²) in [5.74, 6) is 0.724. The lowest BCUT2D eigenvalue weighted by Crippen LogP contribution is -2.41. The molecule has 0 aromatic heterocycles. The number of methoxy groups -OCH3 is 2. The third kappa shape index (κ3) is 5.59. The zero-order valence-electron chi connectivity index (χ0n) is 12.2. The van der Waals surface area contributed by atoms with Gasteiger partial charge in [0.2, 0.25) is 5.91 Å². The number of benzene rings is 1. The van der Waals surface area contributed by atoms with Crippen molar-refractivity contribution in [2.45, 2.75) is 25.3 Å². The van der Waals surface area contributed by atoms with Crippen LogP contribution in [0.15, 0.2) is 24.3 Å². The van der Waals surface area contributed by atoms with Gasteiger partial charge in [0.25, 0.3) is 0 Å². The maximum Gasteiger partial charge on any atom is 0.236 e. The molecule has 5 heteroatoms. The van der Waals surface area contributed by atoms with Crippen LogP contribution in [0, 0.1) is 0 Å². The molecule has 20 heavy (non-hydrogen) atoms. The first kappa shape index (κ1) is 16.5. The summed E-state index contributed by atoms with van der Waals surface area (Å²) in [6.07, 6.45) is 2.15. The average Bonchev–Trinajstić information content (AvgIpc) is 2.47. The van der Waals surface area contributed by atoms with Crippen molar-refractivity contribution in [1.82, 2.24) is 5.32 Å². The molecule has 0 fully saturated rings. The summed E-state index contributed by atoms with van der Waals surface area (Å²) < 4.78 is 10.2. The number of carbonyl (C=O) groups excluding carboxylic acids is 1. The highest BCUT2D eigenvalue weighted by atomic mass is 16.5. The van der Waals surface area contributed by atoms with Gasteiger partial charge >= 0.3 is 0 Å². The number of nitrogens with two attached hydrogens (primary N) is 1. The molecule has 1 rings (SSSR count). The lowest BCUT2D eigenvalue weighted by Gasteiger charge is -2.13. The smallest absolute Gasteiger partial charge is 0.236 e. The predicted octanol–water partition coefficient (Wildman–Crippen LogP) is 1.11. The van der Waals surface area contributed by atoms with E-state index in [1.165, 1.54) is 0 Å². The van der Waals surface area contributed by atoms with Gasteiger partial charge in [0.1, 0.15) is 5.75 Å². The van der Waals surface area contributed by atoms with E-state index in [0.29, 0.717) is 19.6 Å². The third-order valence-corrected chi connectivity index (χ3v) is 3.09. The second-order valence-electron chi connectivity index (χ2n) is 4.59. The van der Waals surface area contributed by atoms with Crippen molar-refractivity contribution in [3.8, 4) is 5.75 Å². The average molecular weight is 280 g/mol. The molecule has 0 aliphatic rings. The number of rotatable bonds is 9. The number of nitrogens with one attached hydrogen (secondary N) is 1. The van der Waals surface area contributed by atoms with Gasteiger partial charge in [-0.25, -0.2) is 0 Å². The number of ether oxygens (including phenoxy) is 2. The first-order valence-electron chi connectivity index (χ1n) is 6.83. The van der Waals surface area contributed by atoms with E-state index in [2.05, 4.69) is 5.32 Å². The van der Waals surface area contributed by atoms with E-state index in [4.69, 9.17) is 15.2 Å². The van der Waals surface area contributed by atoms with E-state index in [-0.39, 0.29) is 5.91 Å². The topological polar surface area (TPSA) is 73.6 Å². The first-order valence-corrected chi connectivity index (χ1v) is 6.83. The van der Waals surface area contributed by atoms with E-state index in [1.54, 1.807) is 14.2 Å². The maximum atomic E-state index is 11.8. The number of amides is 1. The minimum absolute atomic E-state index is 0.115. The van der Waals surface area contributed by atoms with E-state index >= 15 is 0 Å². The van der Waals surface area contributed by atoms with Crippen LogP contribution in [0.5, 0.6) is 5.75 Å². The number of hydrogen-bond acceptors (Lipinski definition) is 4. The van der Waals surface area contributed by atoms with E-state index in [0.717, 1.165) is 24.2 Å². The standard InChI is InChI=1S/C15H24N2O3/c1-19-11-5-7-13(16)15(18)17-10-9-12-6-3-4-8-14(12)20-2/h3-4,6,8,13H,5,7,9-11,16H2,1-2H3,(H,17,18). The van der Waals surface area contributed by atoms with Crippen LogP contribution in [0.2, 0.25) is 0 Å². The Labute approximate surface area is 120 Å². The van der Waals surface area contributed by atoms with Crippen LogP contribution in [-0.2, 0) is 16.0 Å². The Hall–Kier alpha value is -1.59. The Morgan fingerprint density at radius 2 is 2.10 bits per heavy atom. The van der Waals surface area contributed by atoms with Gasteiger partial charge < -0.3 is 20.5 Å². The molecule has 0 saturated heterocycles. The second-order valence-corrected chi connectivity index (χ2v) is 4.59. The van der Waals surface area contributed by atoms with E-state index in [9.17, 15) is 4.79 Å². The van der Waals surface area contributed by atoms with Crippen molar-refractivity contribution in [3.63, 3.8) is 0 Å². The normalized spacial score (nSPS) is 11.9. The molecule has 0 heterocycles. The van der Waals surface area contributed by atoms with Gasteiger partial charge in [0, 0.05) is 20.3 Å². The van der Waals surface area contributed by atoms with Gasteiger partial charge in [0.15, 0.2) is 0 Å². The van der Waals surface area contributed by atoms with Crippen LogP contribution in [0.1, 0.15) is 18.4 Å². The summed E-state index contributed by atoms with van der Waals surface area (Å²) in [5.41, 5.74) is 6.87. The first-order chi connectivity index (χ1) is 9.69. The van der Waals surface area contributed by atoms with Crippen molar-refractivity contribution in [2.75, 3.05) is 27.4 Å². The van der Waals surface area contributed by atoms with E-state index < -0.39 is 6.04 Å². The minimum atomic E-state index is -0.470. The summed E-state index contributed by atoms with van der Waals surface area (Å²) in [6, 6.07) is 7.31. The molecule has 0 saturated carbocycles. The molecule has 1 unspecified atom stereocenters. The molecule has 1 aromatic rings. The molecule has 0 spiro atoms. The van der Waals surface area contributed by atoms with Gasteiger partial charge in [-0.2, -0.15) is 0 Å². The monoisotopic (exact) mass is 280 g/mol. The number of carbonyl (C=O) groups is 1. The summed E-state index contributed by atoms with van der Waals surface area (Å²) in [6.45, 7) is 1.18. The van der Waals surface area contributed by atoms with Gasteiger partial charge in [0.05, 0.1) is 13.2 Å². The van der Waals surface area contributed by atoms with Crippen LogP contribution in [-0.4, -0.2) is 39.3 Å². The van der Waals surface area contributed by atoms with Gasteiger partial charge in [-0.15, -0.1) is 0 Å². The fourth-order valence-electron chi connectivity index (χ4n) is 1.94. The summed E-state index contributed by atoms with van der Waals surface area (Å²) >= 11 is 0. The SMILES string of the molecule is COCCCC(N)C(=O)NCCc1ccccc1OC. The molecule has 112 valence electrons. The predicted molar refractivity (Wildman–Crippen MR) is 78.8 cm³/mol. The Morgan fingerprint density at radius 3 is 2.80 bits per heavy atom. The quantitative estimate of drug-likeness (QED) is 0.665. The van der Waals surface area contributed by atoms with Gasteiger partial charge in [-0.05, 0) is 30.9 Å². The van der Waals surface area contributed by atoms with Crippen LogP contribution in [0.4, 0.5) is 0 Å². The molecule has 1 amide bonds. The van der Waals surface area contributed by atoms with E-state index in [1.807, 2.05) is 24.3 Å². The van der Waals surface area contributed by atoms with Crippen LogP contribution < -0.4 is 15.8 Å². The van der Waals surface area contributed by atoms with Gasteiger partial charge in [-0.1, -0.05) is 18.2 Å². The molecule has 3 N–H and O–H groups in total. The molecule has 1 aromatic carbocycles. The Bertz CT molecular complexity index is 410. The van der Waals surface area contributed by atoms with Crippen LogP contribution >= 0.6 is 0 Å². The highest BCUT2D eigenvalue weighted by molar-refractivity contribution is 5.81. The van der Waals surface area contributed by atoms with Crippen LogP contribution in [0.3, 0.4) is 0 Å². The fourth-order valence-corrected chi connectivity index (χ4v) is 1.94. The highest BCUT2D eigenvalue weighted by Gasteiger charge is 2.12. The van der Waals surface area contributed by atoms with Crippen LogP contribution in [0.25, 0.3) is 0 Å². The number of hydrogen-bond donors (Lipinski definition) is 2. The zero-order chi connectivity index (χ0) is 14.8. The Morgan fingerprint density at radius 1 is 1.35 bits per heavy atom. The van der Waals surface area contributed by atoms with Crippen molar-refractivity contribution in [2.24, 2.45) is 5.73 Å². The Kier molecular flexibility index (Phi) is 7.69. The molecule has 0 bridgehead atoms. The molecular formula is C15H24N2O3. The molecule has 0 aliphatic carbocycles. The minimum Gasteiger partial charge on any atom is -0.496 e. The summed E-state index contributed by atoms with van der Waals surface area (Å²) in [7, 11) is 3.28. The lowest BCUT2D eigenvalue weighted by atomic mass is 10.1. The maximum absolute atomic E-state index is 11.8. The van der Waals surface area contributed by atoms with Crippen molar-refractivity contribution in [3.05, 3.63) is 29.8 Å². The van der Waals surface area contributed by atoms with Crippen molar-refractivity contribution >= 4 is 5.91 Å². The molecule has 0 radical (unpaired) electrons. The molecular weight excluding hydrogens is 256 g/mol. The zero-order valence-corrected chi connectivity index (χ0v) is 12.2. The molecule has 5 nitrogen and oxygen atoms in total. The lowest BCUT2D eigenvalue weighted by molar-refractivity contribution is -0.122. The van der Waals surface area contributed by atoms with Crippen molar-refractivity contribution in [1.29, 1.82) is 0 Å². The summed E-state index contributed by atoms with van der Waals surface area (Å²) in [5, 5.41) is 2.85. The Balaban J connectivity index is 2.31. The third-order valence-electron chi connectivity index (χ3n) is 3.09. The second kappa shape index (κ2) is 9.34. The molecule has 1 atom stereocenters. The fraction of sp³-hybridized carbons (Fsp3) is 0.533. The molecule has 0 aliphatic heterocycles. The largest absolute Gasteiger partial charge is 0.496 e. The number of para-hydroxylation sites is 1. The highest BCUT2D eigenvalue weighted by Crippen LogP contribution is 2.17. The van der Waals surface area contributed by atoms with Gasteiger partial charge in [-0.3, -0.25) is 4.79 Å². The summed E-state index contributed by atoms with van der Waals surface area (Å²) in [4.78, 5) is 11.8. The van der Waals surface area contributed by atoms with Crippen molar-refractivity contribution < 1.29 is 14.3 Å².